The molecule has 0 aliphatic carbocycles. The first-order valence-electron chi connectivity index (χ1n) is 8.91. The van der Waals surface area contributed by atoms with E-state index < -0.39 is 0 Å². The van der Waals surface area contributed by atoms with Crippen LogP contribution in [0.3, 0.4) is 0 Å². The summed E-state index contributed by atoms with van der Waals surface area (Å²) in [6.45, 7) is 3.84. The van der Waals surface area contributed by atoms with Gasteiger partial charge in [0.2, 0.25) is 5.91 Å². The van der Waals surface area contributed by atoms with Crippen LogP contribution in [0.15, 0.2) is 52.1 Å². The maximum absolute atomic E-state index is 12.0. The maximum Gasteiger partial charge on any atom is 0.239 e. The second-order valence-corrected chi connectivity index (χ2v) is 6.59. The van der Waals surface area contributed by atoms with Crippen molar-refractivity contribution in [2.75, 3.05) is 44.7 Å². The van der Waals surface area contributed by atoms with Crippen molar-refractivity contribution in [1.29, 1.82) is 0 Å². The van der Waals surface area contributed by atoms with Crippen molar-refractivity contribution in [1.82, 2.24) is 15.5 Å². The predicted octanol–water partition coefficient (Wildman–Crippen LogP) is 1.95. The molecule has 27 heavy (non-hydrogen) atoms. The van der Waals surface area contributed by atoms with Crippen LogP contribution in [-0.2, 0) is 11.3 Å². The summed E-state index contributed by atoms with van der Waals surface area (Å²) in [5.74, 6) is 1.34. The van der Waals surface area contributed by atoms with Crippen LogP contribution in [0.2, 0.25) is 5.02 Å². The minimum atomic E-state index is -0.109. The molecule has 8 heteroatoms. The van der Waals surface area contributed by atoms with Gasteiger partial charge >= 0.3 is 0 Å². The highest BCUT2D eigenvalue weighted by Crippen LogP contribution is 2.25. The van der Waals surface area contributed by atoms with E-state index in [1.165, 1.54) is 0 Å². The Morgan fingerprint density at radius 2 is 1.93 bits per heavy atom. The van der Waals surface area contributed by atoms with Crippen molar-refractivity contribution in [3.63, 3.8) is 0 Å². The van der Waals surface area contributed by atoms with E-state index in [1.807, 2.05) is 30.3 Å². The zero-order valence-electron chi connectivity index (χ0n) is 15.3. The molecule has 1 aliphatic heterocycles. The number of nitrogens with zero attached hydrogens (tertiary/aromatic N) is 3. The van der Waals surface area contributed by atoms with Crippen molar-refractivity contribution in [3.05, 3.63) is 53.4 Å². The number of nitrogens with one attached hydrogen (secondary N) is 2. The number of amides is 1. The Kier molecular flexibility index (Phi) is 6.59. The zero-order valence-corrected chi connectivity index (χ0v) is 16.1. The summed E-state index contributed by atoms with van der Waals surface area (Å²) in [7, 11) is 1.73. The fourth-order valence-electron chi connectivity index (χ4n) is 3.02. The number of para-hydroxylation sites is 1. The lowest BCUT2D eigenvalue weighted by molar-refractivity contribution is -0.120. The number of guanidine groups is 1. The molecular weight excluding hydrogens is 366 g/mol. The molecule has 2 N–H and O–H groups in total. The summed E-state index contributed by atoms with van der Waals surface area (Å²) in [6.07, 6.45) is 1.59. The Morgan fingerprint density at radius 3 is 2.59 bits per heavy atom. The molecule has 3 rings (SSSR count). The summed E-state index contributed by atoms with van der Waals surface area (Å²) < 4.78 is 5.20. The molecular formula is C19H24ClN5O2. The van der Waals surface area contributed by atoms with Gasteiger partial charge in [-0.15, -0.1) is 0 Å². The predicted molar refractivity (Wildman–Crippen MR) is 107 cm³/mol. The van der Waals surface area contributed by atoms with E-state index in [2.05, 4.69) is 25.4 Å². The fraction of sp³-hybridized carbons (Fsp3) is 0.368. The number of benzene rings is 1. The Bertz CT molecular complexity index is 770. The molecule has 1 fully saturated rings. The summed E-state index contributed by atoms with van der Waals surface area (Å²) in [5, 5.41) is 6.70. The van der Waals surface area contributed by atoms with Gasteiger partial charge in [0.1, 0.15) is 5.76 Å². The highest BCUT2D eigenvalue weighted by Gasteiger charge is 2.21. The lowest BCUT2D eigenvalue weighted by Gasteiger charge is -2.37. The van der Waals surface area contributed by atoms with Crippen molar-refractivity contribution in [2.45, 2.75) is 6.54 Å². The smallest absolute Gasteiger partial charge is 0.239 e. The van der Waals surface area contributed by atoms with E-state index in [4.69, 9.17) is 16.0 Å². The minimum Gasteiger partial charge on any atom is -0.467 e. The summed E-state index contributed by atoms with van der Waals surface area (Å²) in [4.78, 5) is 20.7. The lowest BCUT2D eigenvalue weighted by atomic mass is 10.2. The Morgan fingerprint density at radius 1 is 1.15 bits per heavy atom. The number of carbonyl (C=O) groups excluding carboxylic acids is 1. The molecule has 2 aromatic rings. The molecule has 0 spiro atoms. The van der Waals surface area contributed by atoms with Crippen LogP contribution in [0.25, 0.3) is 0 Å². The molecule has 144 valence electrons. The van der Waals surface area contributed by atoms with Gasteiger partial charge in [-0.3, -0.25) is 9.79 Å². The number of piperazine rings is 1. The third-order valence-corrected chi connectivity index (χ3v) is 4.75. The fourth-order valence-corrected chi connectivity index (χ4v) is 3.28. The summed E-state index contributed by atoms with van der Waals surface area (Å²) in [6, 6.07) is 11.5. The molecule has 1 amide bonds. The van der Waals surface area contributed by atoms with Crippen LogP contribution in [0.4, 0.5) is 5.69 Å². The molecule has 2 heterocycles. The average molecular weight is 390 g/mol. The normalized spacial score (nSPS) is 15.0. The first-order valence-corrected chi connectivity index (χ1v) is 9.29. The van der Waals surface area contributed by atoms with Crippen molar-refractivity contribution in [3.8, 4) is 0 Å². The molecule has 0 radical (unpaired) electrons. The molecule has 0 atom stereocenters. The van der Waals surface area contributed by atoms with Gasteiger partial charge in [0.05, 0.1) is 30.1 Å². The molecule has 0 saturated carbocycles. The molecule has 0 bridgehead atoms. The highest BCUT2D eigenvalue weighted by molar-refractivity contribution is 6.33. The summed E-state index contributed by atoms with van der Waals surface area (Å²) in [5.41, 5.74) is 1.05. The molecule has 1 aromatic carbocycles. The van der Waals surface area contributed by atoms with Crippen LogP contribution in [0.1, 0.15) is 5.76 Å². The second-order valence-electron chi connectivity index (χ2n) is 6.18. The quantitative estimate of drug-likeness (QED) is 0.604. The maximum atomic E-state index is 12.0. The van der Waals surface area contributed by atoms with Crippen molar-refractivity contribution in [2.24, 2.45) is 4.99 Å². The number of halogens is 1. The van der Waals surface area contributed by atoms with E-state index >= 15 is 0 Å². The Balaban J connectivity index is 1.45. The largest absolute Gasteiger partial charge is 0.467 e. The molecule has 0 unspecified atom stereocenters. The Hall–Kier alpha value is -2.67. The van der Waals surface area contributed by atoms with E-state index in [1.54, 1.807) is 19.4 Å². The van der Waals surface area contributed by atoms with Crippen LogP contribution in [-0.4, -0.2) is 56.5 Å². The zero-order chi connectivity index (χ0) is 19.1. The van der Waals surface area contributed by atoms with E-state index in [-0.39, 0.29) is 12.5 Å². The lowest BCUT2D eigenvalue weighted by Crippen LogP contribution is -2.53. The monoisotopic (exact) mass is 389 g/mol. The van der Waals surface area contributed by atoms with Crippen LogP contribution < -0.4 is 15.5 Å². The van der Waals surface area contributed by atoms with E-state index in [0.717, 1.165) is 48.6 Å². The number of furan rings is 1. The number of carbonyl (C=O) groups is 1. The van der Waals surface area contributed by atoms with E-state index in [0.29, 0.717) is 6.54 Å². The number of aliphatic imine (C=N–C) groups is 1. The van der Waals surface area contributed by atoms with Gasteiger partial charge < -0.3 is 24.9 Å². The molecule has 1 saturated heterocycles. The Labute approximate surface area is 164 Å². The first kappa shape index (κ1) is 19.1. The van der Waals surface area contributed by atoms with Gasteiger partial charge in [0.15, 0.2) is 5.96 Å². The average Bonchev–Trinajstić information content (AvgIpc) is 3.21. The third-order valence-electron chi connectivity index (χ3n) is 4.43. The van der Waals surface area contributed by atoms with Crippen LogP contribution in [0, 0.1) is 0 Å². The van der Waals surface area contributed by atoms with Gasteiger partial charge in [0, 0.05) is 33.2 Å². The minimum absolute atomic E-state index is 0.109. The molecule has 7 nitrogen and oxygen atoms in total. The third kappa shape index (κ3) is 5.17. The number of rotatable bonds is 5. The van der Waals surface area contributed by atoms with Crippen LogP contribution in [0.5, 0.6) is 0 Å². The molecule has 1 aromatic heterocycles. The standard InChI is InChI=1S/C19H24ClN5O2/c1-21-19(23-14-18(26)22-13-15-5-4-12-27-15)25-10-8-24(9-11-25)17-7-3-2-6-16(17)20/h2-7,12H,8-11,13-14H2,1H3,(H,21,23)(H,22,26). The van der Waals surface area contributed by atoms with E-state index in [9.17, 15) is 4.79 Å². The van der Waals surface area contributed by atoms with Crippen molar-refractivity contribution >= 4 is 29.2 Å². The van der Waals surface area contributed by atoms with Crippen LogP contribution >= 0.6 is 11.6 Å². The number of hydrogen-bond donors (Lipinski definition) is 2. The van der Waals surface area contributed by atoms with Gasteiger partial charge in [-0.05, 0) is 24.3 Å². The summed E-state index contributed by atoms with van der Waals surface area (Å²) >= 11 is 6.29. The topological polar surface area (TPSA) is 73.1 Å². The van der Waals surface area contributed by atoms with Crippen molar-refractivity contribution < 1.29 is 9.21 Å². The van der Waals surface area contributed by atoms with Gasteiger partial charge in [-0.25, -0.2) is 0 Å². The number of anilines is 1. The highest BCUT2D eigenvalue weighted by atomic mass is 35.5. The second kappa shape index (κ2) is 9.32. The number of hydrogen-bond acceptors (Lipinski definition) is 4. The SMILES string of the molecule is CN=C(NCC(=O)NCc1ccco1)N1CCN(c2ccccc2Cl)CC1. The first-order chi connectivity index (χ1) is 13.2. The van der Waals surface area contributed by atoms with Gasteiger partial charge in [-0.2, -0.15) is 0 Å². The van der Waals surface area contributed by atoms with Gasteiger partial charge in [-0.1, -0.05) is 23.7 Å². The van der Waals surface area contributed by atoms with Gasteiger partial charge in [0.25, 0.3) is 0 Å². The molecule has 1 aliphatic rings.